The lowest BCUT2D eigenvalue weighted by Gasteiger charge is -2.42. The third-order valence-corrected chi connectivity index (χ3v) is 8.47. The normalized spacial score (nSPS) is 16.0. The molecule has 1 fully saturated rings. The second kappa shape index (κ2) is 10.3. The second-order valence-corrected chi connectivity index (χ2v) is 11.8. The van der Waals surface area contributed by atoms with E-state index in [-0.39, 0.29) is 47.6 Å². The number of thiazole rings is 1. The van der Waals surface area contributed by atoms with Crippen molar-refractivity contribution < 1.29 is 32.2 Å². The zero-order valence-electron chi connectivity index (χ0n) is 20.6. The summed E-state index contributed by atoms with van der Waals surface area (Å²) in [5, 5.41) is 14.9. The van der Waals surface area contributed by atoms with E-state index in [0.29, 0.717) is 17.1 Å². The van der Waals surface area contributed by atoms with Gasteiger partial charge in [0.1, 0.15) is 10.0 Å². The lowest BCUT2D eigenvalue weighted by atomic mass is 9.90. The van der Waals surface area contributed by atoms with E-state index in [4.69, 9.17) is 4.74 Å². The fourth-order valence-electron chi connectivity index (χ4n) is 4.40. The number of anilines is 1. The number of thioether (sulfide) groups is 1. The van der Waals surface area contributed by atoms with Crippen LogP contribution in [-0.2, 0) is 4.74 Å². The molecule has 200 valence electrons. The van der Waals surface area contributed by atoms with Crippen LogP contribution < -0.4 is 4.90 Å². The number of nitrogens with zero attached hydrogens (tertiary/aromatic N) is 4. The summed E-state index contributed by atoms with van der Waals surface area (Å²) in [6.07, 6.45) is -5.00. The van der Waals surface area contributed by atoms with Gasteiger partial charge in [0.05, 0.1) is 5.69 Å². The van der Waals surface area contributed by atoms with Gasteiger partial charge in [0.15, 0.2) is 17.1 Å². The highest BCUT2D eigenvalue weighted by Crippen LogP contribution is 2.45. The number of rotatable bonds is 7. The Bertz CT molecular complexity index is 1300. The number of halogens is 4. The molecule has 0 saturated carbocycles. The third-order valence-electron chi connectivity index (χ3n) is 6.25. The molecule has 1 saturated heterocycles. The SMILES string of the molecule is COC1(C(F)(F)F)CCN(c2nc(-n3nc(C)c(-c4cccc(F)c4)c3C(=O)O)sc2SC(C)C)CC1. The number of methoxy groups -OCH3 is 1. The summed E-state index contributed by atoms with van der Waals surface area (Å²) >= 11 is 2.71. The van der Waals surface area contributed by atoms with E-state index in [2.05, 4.69) is 10.1 Å². The van der Waals surface area contributed by atoms with Crippen molar-refractivity contribution in [3.8, 4) is 16.3 Å². The Balaban J connectivity index is 1.77. The number of alkyl halides is 3. The summed E-state index contributed by atoms with van der Waals surface area (Å²) in [4.78, 5) is 18.8. The van der Waals surface area contributed by atoms with E-state index in [1.54, 1.807) is 17.9 Å². The lowest BCUT2D eigenvalue weighted by Crippen LogP contribution is -2.54. The maximum Gasteiger partial charge on any atom is 0.417 e. The van der Waals surface area contributed by atoms with Crippen molar-refractivity contribution in [2.24, 2.45) is 0 Å². The summed E-state index contributed by atoms with van der Waals surface area (Å²) in [6, 6.07) is 5.60. The maximum atomic E-state index is 13.9. The van der Waals surface area contributed by atoms with E-state index >= 15 is 0 Å². The molecule has 0 atom stereocenters. The average molecular weight is 559 g/mol. The molecule has 1 N–H and O–H groups in total. The molecule has 4 rings (SSSR count). The van der Waals surface area contributed by atoms with Gasteiger partial charge in [-0.2, -0.15) is 27.9 Å². The molecule has 1 aromatic carbocycles. The zero-order valence-corrected chi connectivity index (χ0v) is 22.2. The van der Waals surface area contributed by atoms with Gasteiger partial charge in [-0.3, -0.25) is 0 Å². The first-order valence-corrected chi connectivity index (χ1v) is 13.2. The number of ether oxygens (including phenoxy) is 1. The van der Waals surface area contributed by atoms with Gasteiger partial charge in [0, 0.05) is 43.9 Å². The minimum atomic E-state index is -4.49. The highest BCUT2D eigenvalue weighted by molar-refractivity contribution is 8.01. The molecule has 3 aromatic rings. The summed E-state index contributed by atoms with van der Waals surface area (Å²) < 4.78 is 61.8. The largest absolute Gasteiger partial charge is 0.476 e. The van der Waals surface area contributed by atoms with Gasteiger partial charge in [-0.1, -0.05) is 37.3 Å². The van der Waals surface area contributed by atoms with E-state index in [1.165, 1.54) is 46.0 Å². The number of carboxylic acid groups (broad SMARTS) is 1. The number of carboxylic acids is 1. The number of aromatic nitrogens is 3. The van der Waals surface area contributed by atoms with Crippen molar-refractivity contribution in [3.05, 3.63) is 41.5 Å². The Labute approximate surface area is 219 Å². The fraction of sp³-hybridized carbons (Fsp3) is 0.458. The summed E-state index contributed by atoms with van der Waals surface area (Å²) in [7, 11) is 1.08. The van der Waals surface area contributed by atoms with E-state index in [1.807, 2.05) is 13.8 Å². The van der Waals surface area contributed by atoms with Gasteiger partial charge in [0.2, 0.25) is 5.13 Å². The molecular weight excluding hydrogens is 532 g/mol. The van der Waals surface area contributed by atoms with Crippen molar-refractivity contribution in [2.45, 2.75) is 54.8 Å². The Hall–Kier alpha value is -2.64. The fourth-order valence-corrected chi connectivity index (χ4v) is 6.89. The van der Waals surface area contributed by atoms with E-state index in [0.717, 1.165) is 11.3 Å². The van der Waals surface area contributed by atoms with Crippen molar-refractivity contribution in [3.63, 3.8) is 0 Å². The zero-order chi connectivity index (χ0) is 27.1. The first-order chi connectivity index (χ1) is 17.4. The molecule has 0 bridgehead atoms. The molecule has 0 spiro atoms. The van der Waals surface area contributed by atoms with Crippen LogP contribution in [0, 0.1) is 12.7 Å². The molecule has 13 heteroatoms. The predicted octanol–water partition coefficient (Wildman–Crippen LogP) is 6.19. The number of aryl methyl sites for hydroxylation is 1. The minimum Gasteiger partial charge on any atom is -0.476 e. The molecule has 3 heterocycles. The summed E-state index contributed by atoms with van der Waals surface area (Å²) in [5.74, 6) is -1.28. The number of piperidine rings is 1. The van der Waals surface area contributed by atoms with E-state index < -0.39 is 23.6 Å². The van der Waals surface area contributed by atoms with Crippen LogP contribution in [0.2, 0.25) is 0 Å². The lowest BCUT2D eigenvalue weighted by molar-refractivity contribution is -0.276. The van der Waals surface area contributed by atoms with Crippen molar-refractivity contribution in [1.29, 1.82) is 0 Å². The second-order valence-electron chi connectivity index (χ2n) is 8.99. The molecule has 0 amide bonds. The molecule has 0 radical (unpaired) electrons. The summed E-state index contributed by atoms with van der Waals surface area (Å²) in [5.41, 5.74) is -1.35. The smallest absolute Gasteiger partial charge is 0.417 e. The van der Waals surface area contributed by atoms with Crippen LogP contribution in [0.4, 0.5) is 23.4 Å². The van der Waals surface area contributed by atoms with Crippen molar-refractivity contribution in [2.75, 3.05) is 25.1 Å². The van der Waals surface area contributed by atoms with Gasteiger partial charge >= 0.3 is 12.1 Å². The number of aromatic carboxylic acids is 1. The first kappa shape index (κ1) is 27.4. The Morgan fingerprint density at radius 3 is 2.49 bits per heavy atom. The molecule has 2 aromatic heterocycles. The highest BCUT2D eigenvalue weighted by Gasteiger charge is 2.56. The number of benzene rings is 1. The predicted molar refractivity (Wildman–Crippen MR) is 135 cm³/mol. The van der Waals surface area contributed by atoms with Crippen molar-refractivity contribution >= 4 is 34.9 Å². The highest BCUT2D eigenvalue weighted by atomic mass is 32.2. The van der Waals surface area contributed by atoms with E-state index in [9.17, 15) is 27.5 Å². The van der Waals surface area contributed by atoms with Crippen LogP contribution in [0.15, 0.2) is 28.5 Å². The van der Waals surface area contributed by atoms with Crippen LogP contribution in [0.1, 0.15) is 42.9 Å². The molecule has 0 unspecified atom stereocenters. The molecule has 1 aliphatic rings. The van der Waals surface area contributed by atoms with Crippen LogP contribution in [0.5, 0.6) is 0 Å². The van der Waals surface area contributed by atoms with Gasteiger partial charge in [-0.05, 0) is 24.6 Å². The van der Waals surface area contributed by atoms with Crippen molar-refractivity contribution in [1.82, 2.24) is 14.8 Å². The average Bonchev–Trinajstić information content (AvgIpc) is 3.38. The van der Waals surface area contributed by atoms with Crippen LogP contribution in [0.3, 0.4) is 0 Å². The molecule has 7 nitrogen and oxygen atoms in total. The molecule has 0 aliphatic carbocycles. The number of carbonyl (C=O) groups is 1. The standard InChI is InChI=1S/C24H26F4N4O3S2/c1-13(2)36-21-19(31-10-8-23(35-4,9-11-31)24(26,27)28)29-22(37-21)32-18(20(33)34)17(14(3)30-32)15-6-5-7-16(25)12-15/h5-7,12-13H,8-11H2,1-4H3,(H,33,34). The number of hydrogen-bond donors (Lipinski definition) is 1. The van der Waals surface area contributed by atoms with Gasteiger partial charge in [-0.25, -0.2) is 9.18 Å². The third kappa shape index (κ3) is 5.21. The quantitative estimate of drug-likeness (QED) is 0.274. The minimum absolute atomic E-state index is 0.0701. The number of hydrogen-bond acceptors (Lipinski definition) is 7. The topological polar surface area (TPSA) is 80.5 Å². The van der Waals surface area contributed by atoms with Crippen LogP contribution in [0.25, 0.3) is 16.3 Å². The Morgan fingerprint density at radius 2 is 1.95 bits per heavy atom. The first-order valence-electron chi connectivity index (χ1n) is 11.5. The Kier molecular flexibility index (Phi) is 7.59. The Morgan fingerprint density at radius 1 is 1.27 bits per heavy atom. The monoisotopic (exact) mass is 558 g/mol. The molecule has 37 heavy (non-hydrogen) atoms. The van der Waals surface area contributed by atoms with Gasteiger partial charge in [0.25, 0.3) is 0 Å². The van der Waals surface area contributed by atoms with Gasteiger partial charge in [-0.15, -0.1) is 11.8 Å². The van der Waals surface area contributed by atoms with Crippen LogP contribution in [-0.4, -0.2) is 63.1 Å². The summed E-state index contributed by atoms with van der Waals surface area (Å²) in [6.45, 7) is 5.73. The van der Waals surface area contributed by atoms with Gasteiger partial charge < -0.3 is 14.7 Å². The maximum absolute atomic E-state index is 13.9. The molecule has 1 aliphatic heterocycles. The molecular formula is C24H26F4N4O3S2. The van der Waals surface area contributed by atoms with Crippen LogP contribution >= 0.6 is 23.1 Å².